The number of methoxy groups -OCH3 is 1. The molecule has 0 saturated heterocycles. The van der Waals surface area contributed by atoms with Crippen LogP contribution in [0.25, 0.3) is 0 Å². The van der Waals surface area contributed by atoms with Gasteiger partial charge in [0.2, 0.25) is 5.91 Å². The van der Waals surface area contributed by atoms with Gasteiger partial charge in [-0.2, -0.15) is 0 Å². The first-order valence-corrected chi connectivity index (χ1v) is 3.98. The Morgan fingerprint density at radius 3 is 2.55 bits per heavy atom. The van der Waals surface area contributed by atoms with Gasteiger partial charge in [-0.1, -0.05) is 0 Å². The lowest BCUT2D eigenvalue weighted by Crippen LogP contribution is -2.48. The van der Waals surface area contributed by atoms with Gasteiger partial charge in [-0.3, -0.25) is 4.79 Å². The Balaban J connectivity index is 2.27. The summed E-state index contributed by atoms with van der Waals surface area (Å²) < 4.78 is 5.31. The summed E-state index contributed by atoms with van der Waals surface area (Å²) >= 11 is 0. The minimum Gasteiger partial charge on any atom is -0.376 e. The van der Waals surface area contributed by atoms with E-state index in [9.17, 15) is 4.79 Å². The smallest absolute Gasteiger partial charge is 0.216 e. The zero-order chi connectivity index (χ0) is 8.32. The summed E-state index contributed by atoms with van der Waals surface area (Å²) in [6, 6.07) is 0. The van der Waals surface area contributed by atoms with Crippen LogP contribution in [0.5, 0.6) is 0 Å². The number of rotatable bonds is 3. The van der Waals surface area contributed by atoms with Crippen LogP contribution in [-0.4, -0.2) is 25.2 Å². The molecule has 3 nitrogen and oxygen atoms in total. The lowest BCUT2D eigenvalue weighted by Gasteiger charge is -2.40. The fourth-order valence-electron chi connectivity index (χ4n) is 1.31. The topological polar surface area (TPSA) is 38.3 Å². The number of hydrogen-bond donors (Lipinski definition) is 1. The van der Waals surface area contributed by atoms with Gasteiger partial charge in [-0.25, -0.2) is 0 Å². The summed E-state index contributed by atoms with van der Waals surface area (Å²) in [7, 11) is 1.71. The van der Waals surface area contributed by atoms with Crippen LogP contribution in [0.1, 0.15) is 26.2 Å². The standard InChI is InChI=1S/C8H15NO2/c1-7(10)9-6-8(11-2)4-3-5-8/h3-6H2,1-2H3,(H,9,10). The second kappa shape index (κ2) is 3.22. The number of hydrogen-bond acceptors (Lipinski definition) is 2. The minimum atomic E-state index is -0.0360. The molecule has 1 aliphatic rings. The van der Waals surface area contributed by atoms with Crippen LogP contribution in [0.15, 0.2) is 0 Å². The monoisotopic (exact) mass is 157 g/mol. The molecule has 1 saturated carbocycles. The fourth-order valence-corrected chi connectivity index (χ4v) is 1.31. The van der Waals surface area contributed by atoms with E-state index >= 15 is 0 Å². The molecule has 1 fully saturated rings. The number of carbonyl (C=O) groups excluding carboxylic acids is 1. The van der Waals surface area contributed by atoms with Gasteiger partial charge in [-0.05, 0) is 19.3 Å². The third-order valence-electron chi connectivity index (χ3n) is 2.36. The molecule has 0 aromatic carbocycles. The number of amides is 1. The summed E-state index contributed by atoms with van der Waals surface area (Å²) in [4.78, 5) is 10.6. The molecule has 1 N–H and O–H groups in total. The van der Waals surface area contributed by atoms with Crippen molar-refractivity contribution < 1.29 is 9.53 Å². The van der Waals surface area contributed by atoms with E-state index in [1.165, 1.54) is 13.3 Å². The summed E-state index contributed by atoms with van der Waals surface area (Å²) in [5.74, 6) is 0.0216. The quantitative estimate of drug-likeness (QED) is 0.654. The van der Waals surface area contributed by atoms with Gasteiger partial charge in [0.1, 0.15) is 0 Å². The highest BCUT2D eigenvalue weighted by atomic mass is 16.5. The fraction of sp³-hybridized carbons (Fsp3) is 0.875. The highest BCUT2D eigenvalue weighted by molar-refractivity contribution is 5.72. The molecule has 0 spiro atoms. The molecule has 0 aromatic heterocycles. The van der Waals surface area contributed by atoms with E-state index < -0.39 is 0 Å². The zero-order valence-electron chi connectivity index (χ0n) is 7.14. The first kappa shape index (κ1) is 8.53. The van der Waals surface area contributed by atoms with E-state index in [0.29, 0.717) is 6.54 Å². The Kier molecular flexibility index (Phi) is 2.49. The molecule has 0 atom stereocenters. The SMILES string of the molecule is COC1(CNC(C)=O)CCC1. The van der Waals surface area contributed by atoms with Crippen molar-refractivity contribution in [3.05, 3.63) is 0 Å². The Labute approximate surface area is 67.1 Å². The Morgan fingerprint density at radius 2 is 2.27 bits per heavy atom. The minimum absolute atomic E-state index is 0.0216. The second-order valence-electron chi connectivity index (χ2n) is 3.15. The summed E-state index contributed by atoms with van der Waals surface area (Å²) in [5.41, 5.74) is -0.0360. The van der Waals surface area contributed by atoms with Crippen LogP contribution in [0, 0.1) is 0 Å². The molecular weight excluding hydrogens is 142 g/mol. The van der Waals surface area contributed by atoms with E-state index in [0.717, 1.165) is 12.8 Å². The summed E-state index contributed by atoms with van der Waals surface area (Å²) in [5, 5.41) is 2.78. The van der Waals surface area contributed by atoms with Crippen molar-refractivity contribution in [2.45, 2.75) is 31.8 Å². The van der Waals surface area contributed by atoms with Crippen molar-refractivity contribution in [3.8, 4) is 0 Å². The maximum absolute atomic E-state index is 10.6. The lowest BCUT2D eigenvalue weighted by atomic mass is 9.80. The van der Waals surface area contributed by atoms with Crippen molar-refractivity contribution in [2.24, 2.45) is 0 Å². The van der Waals surface area contributed by atoms with Crippen molar-refractivity contribution in [1.29, 1.82) is 0 Å². The van der Waals surface area contributed by atoms with Crippen LogP contribution in [0.4, 0.5) is 0 Å². The molecule has 1 aliphatic carbocycles. The van der Waals surface area contributed by atoms with Gasteiger partial charge >= 0.3 is 0 Å². The molecule has 0 radical (unpaired) electrons. The van der Waals surface area contributed by atoms with Crippen LogP contribution in [-0.2, 0) is 9.53 Å². The van der Waals surface area contributed by atoms with E-state index in [4.69, 9.17) is 4.74 Å². The predicted molar refractivity (Wildman–Crippen MR) is 42.3 cm³/mol. The maximum atomic E-state index is 10.6. The van der Waals surface area contributed by atoms with Crippen molar-refractivity contribution in [2.75, 3.05) is 13.7 Å². The second-order valence-corrected chi connectivity index (χ2v) is 3.15. The number of ether oxygens (including phenoxy) is 1. The molecule has 0 heterocycles. The molecule has 3 heteroatoms. The molecular formula is C8H15NO2. The Hall–Kier alpha value is -0.570. The molecule has 0 bridgehead atoms. The van der Waals surface area contributed by atoms with Gasteiger partial charge in [0, 0.05) is 20.6 Å². The van der Waals surface area contributed by atoms with Gasteiger partial charge in [0.15, 0.2) is 0 Å². The zero-order valence-corrected chi connectivity index (χ0v) is 7.14. The maximum Gasteiger partial charge on any atom is 0.216 e. The van der Waals surface area contributed by atoms with Crippen LogP contribution >= 0.6 is 0 Å². The van der Waals surface area contributed by atoms with Crippen molar-refractivity contribution in [3.63, 3.8) is 0 Å². The Morgan fingerprint density at radius 1 is 1.64 bits per heavy atom. The highest BCUT2D eigenvalue weighted by Gasteiger charge is 2.36. The highest BCUT2D eigenvalue weighted by Crippen LogP contribution is 2.34. The predicted octanol–water partition coefficient (Wildman–Crippen LogP) is 0.692. The molecule has 11 heavy (non-hydrogen) atoms. The van der Waals surface area contributed by atoms with Crippen LogP contribution in [0.3, 0.4) is 0 Å². The third kappa shape index (κ3) is 1.93. The summed E-state index contributed by atoms with van der Waals surface area (Å²) in [6.07, 6.45) is 3.36. The first-order chi connectivity index (χ1) is 5.18. The largest absolute Gasteiger partial charge is 0.376 e. The van der Waals surface area contributed by atoms with Gasteiger partial charge in [0.25, 0.3) is 0 Å². The van der Waals surface area contributed by atoms with Gasteiger partial charge < -0.3 is 10.1 Å². The lowest BCUT2D eigenvalue weighted by molar-refractivity contribution is -0.122. The van der Waals surface area contributed by atoms with Gasteiger partial charge in [0.05, 0.1) is 5.60 Å². The third-order valence-corrected chi connectivity index (χ3v) is 2.36. The summed E-state index contributed by atoms with van der Waals surface area (Å²) in [6.45, 7) is 2.20. The van der Waals surface area contributed by atoms with Crippen LogP contribution in [0.2, 0.25) is 0 Å². The normalized spacial score (nSPS) is 20.5. The molecule has 1 amide bonds. The van der Waals surface area contributed by atoms with Crippen molar-refractivity contribution in [1.82, 2.24) is 5.32 Å². The molecule has 64 valence electrons. The van der Waals surface area contributed by atoms with E-state index in [1.807, 2.05) is 0 Å². The molecule has 0 unspecified atom stereocenters. The molecule has 1 rings (SSSR count). The van der Waals surface area contributed by atoms with Crippen molar-refractivity contribution >= 4 is 5.91 Å². The Bertz CT molecular complexity index is 147. The van der Waals surface area contributed by atoms with E-state index in [-0.39, 0.29) is 11.5 Å². The molecule has 0 aromatic rings. The number of nitrogens with one attached hydrogen (secondary N) is 1. The van der Waals surface area contributed by atoms with Gasteiger partial charge in [-0.15, -0.1) is 0 Å². The molecule has 0 aliphatic heterocycles. The van der Waals surface area contributed by atoms with E-state index in [2.05, 4.69) is 5.32 Å². The average Bonchev–Trinajstić information content (AvgIpc) is 1.86. The average molecular weight is 157 g/mol. The number of carbonyl (C=O) groups is 1. The first-order valence-electron chi connectivity index (χ1n) is 3.98. The van der Waals surface area contributed by atoms with Crippen LogP contribution < -0.4 is 5.32 Å². The van der Waals surface area contributed by atoms with E-state index in [1.54, 1.807) is 7.11 Å².